The molecule has 1 aliphatic rings. The van der Waals surface area contributed by atoms with Crippen LogP contribution in [0.5, 0.6) is 0 Å². The Bertz CT molecular complexity index is 422. The summed E-state index contributed by atoms with van der Waals surface area (Å²) in [5.74, 6) is 0.0333. The summed E-state index contributed by atoms with van der Waals surface area (Å²) in [6, 6.07) is 7.89. The maximum Gasteiger partial charge on any atom is 0.238 e. The van der Waals surface area contributed by atoms with Crippen LogP contribution in [0.25, 0.3) is 0 Å². The van der Waals surface area contributed by atoms with Crippen molar-refractivity contribution >= 4 is 23.4 Å². The Balaban J connectivity index is 1.83. The maximum absolute atomic E-state index is 11.9. The van der Waals surface area contributed by atoms with E-state index in [0.717, 1.165) is 18.8 Å². The van der Waals surface area contributed by atoms with Gasteiger partial charge in [-0.25, -0.2) is 0 Å². The Morgan fingerprint density at radius 2 is 2.21 bits per heavy atom. The molecule has 0 spiro atoms. The molecular formula is C14H20N2O2S. The average molecular weight is 280 g/mol. The zero-order valence-corrected chi connectivity index (χ0v) is 12.2. The SMILES string of the molecule is CSc1ccc(NC(=O)CN2CCOC(C)C2)cc1. The van der Waals surface area contributed by atoms with Crippen LogP contribution >= 0.6 is 11.8 Å². The fourth-order valence-corrected chi connectivity index (χ4v) is 2.52. The lowest BCUT2D eigenvalue weighted by Crippen LogP contribution is -2.44. The second kappa shape index (κ2) is 6.93. The van der Waals surface area contributed by atoms with E-state index in [4.69, 9.17) is 4.74 Å². The number of anilines is 1. The summed E-state index contributed by atoms with van der Waals surface area (Å²) in [7, 11) is 0. The summed E-state index contributed by atoms with van der Waals surface area (Å²) >= 11 is 1.69. The van der Waals surface area contributed by atoms with Crippen LogP contribution in [0, 0.1) is 0 Å². The van der Waals surface area contributed by atoms with E-state index in [1.165, 1.54) is 4.90 Å². The van der Waals surface area contributed by atoms with Gasteiger partial charge < -0.3 is 10.1 Å². The second-order valence-electron chi connectivity index (χ2n) is 4.69. The Hall–Kier alpha value is -1.04. The monoisotopic (exact) mass is 280 g/mol. The molecule has 104 valence electrons. The molecule has 1 heterocycles. The predicted octanol–water partition coefficient (Wildman–Crippen LogP) is 2.07. The zero-order valence-electron chi connectivity index (χ0n) is 11.4. The van der Waals surface area contributed by atoms with Crippen molar-refractivity contribution in [3.05, 3.63) is 24.3 Å². The minimum absolute atomic E-state index is 0.0333. The Labute approximate surface area is 118 Å². The number of rotatable bonds is 4. The third kappa shape index (κ3) is 4.53. The van der Waals surface area contributed by atoms with Crippen molar-refractivity contribution in [3.63, 3.8) is 0 Å². The third-order valence-electron chi connectivity index (χ3n) is 3.07. The van der Waals surface area contributed by atoms with E-state index in [1.807, 2.05) is 37.4 Å². The Kier molecular flexibility index (Phi) is 5.24. The highest BCUT2D eigenvalue weighted by atomic mass is 32.2. The number of amides is 1. The lowest BCUT2D eigenvalue weighted by atomic mass is 10.3. The van der Waals surface area contributed by atoms with Crippen LogP contribution in [0.2, 0.25) is 0 Å². The third-order valence-corrected chi connectivity index (χ3v) is 3.81. The minimum Gasteiger partial charge on any atom is -0.376 e. The van der Waals surface area contributed by atoms with Crippen molar-refractivity contribution in [2.45, 2.75) is 17.9 Å². The molecular weight excluding hydrogens is 260 g/mol. The molecule has 1 fully saturated rings. The lowest BCUT2D eigenvalue weighted by Gasteiger charge is -2.30. The minimum atomic E-state index is 0.0333. The van der Waals surface area contributed by atoms with Crippen LogP contribution in [0.1, 0.15) is 6.92 Å². The number of morpholine rings is 1. The van der Waals surface area contributed by atoms with Gasteiger partial charge in [0.1, 0.15) is 0 Å². The van der Waals surface area contributed by atoms with Crippen molar-refractivity contribution < 1.29 is 9.53 Å². The van der Waals surface area contributed by atoms with Gasteiger partial charge in [-0.3, -0.25) is 9.69 Å². The summed E-state index contributed by atoms with van der Waals surface area (Å²) in [5.41, 5.74) is 0.851. The van der Waals surface area contributed by atoms with E-state index >= 15 is 0 Å². The number of nitrogens with zero attached hydrogens (tertiary/aromatic N) is 1. The molecule has 0 saturated carbocycles. The van der Waals surface area contributed by atoms with E-state index in [9.17, 15) is 4.79 Å². The predicted molar refractivity (Wildman–Crippen MR) is 78.7 cm³/mol. The molecule has 0 aliphatic carbocycles. The van der Waals surface area contributed by atoms with E-state index in [2.05, 4.69) is 10.2 Å². The highest BCUT2D eigenvalue weighted by Crippen LogP contribution is 2.17. The van der Waals surface area contributed by atoms with Gasteiger partial charge in [0, 0.05) is 23.7 Å². The quantitative estimate of drug-likeness (QED) is 0.857. The van der Waals surface area contributed by atoms with E-state index in [1.54, 1.807) is 11.8 Å². The fourth-order valence-electron chi connectivity index (χ4n) is 2.11. The molecule has 2 rings (SSSR count). The van der Waals surface area contributed by atoms with Gasteiger partial charge in [-0.2, -0.15) is 0 Å². The smallest absolute Gasteiger partial charge is 0.238 e. The van der Waals surface area contributed by atoms with Crippen LogP contribution in [-0.2, 0) is 9.53 Å². The van der Waals surface area contributed by atoms with Crippen LogP contribution in [-0.4, -0.2) is 49.4 Å². The largest absolute Gasteiger partial charge is 0.376 e. The van der Waals surface area contributed by atoms with Crippen LogP contribution < -0.4 is 5.32 Å². The number of hydrogen-bond donors (Lipinski definition) is 1. The zero-order chi connectivity index (χ0) is 13.7. The summed E-state index contributed by atoms with van der Waals surface area (Å²) in [4.78, 5) is 15.3. The maximum atomic E-state index is 11.9. The van der Waals surface area contributed by atoms with Gasteiger partial charge in [0.15, 0.2) is 0 Å². The average Bonchev–Trinajstić information content (AvgIpc) is 2.39. The number of carbonyl (C=O) groups is 1. The fraction of sp³-hybridized carbons (Fsp3) is 0.500. The van der Waals surface area contributed by atoms with Gasteiger partial charge in [-0.1, -0.05) is 0 Å². The number of benzene rings is 1. The molecule has 0 radical (unpaired) electrons. The number of hydrogen-bond acceptors (Lipinski definition) is 4. The van der Waals surface area contributed by atoms with Crippen molar-refractivity contribution in [1.29, 1.82) is 0 Å². The first-order chi connectivity index (χ1) is 9.17. The van der Waals surface area contributed by atoms with Gasteiger partial charge in [-0.05, 0) is 37.4 Å². The highest BCUT2D eigenvalue weighted by molar-refractivity contribution is 7.98. The molecule has 0 aromatic heterocycles. The second-order valence-corrected chi connectivity index (χ2v) is 5.57. The summed E-state index contributed by atoms with van der Waals surface area (Å²) in [5, 5.41) is 2.92. The summed E-state index contributed by atoms with van der Waals surface area (Å²) < 4.78 is 5.46. The molecule has 1 N–H and O–H groups in total. The van der Waals surface area contributed by atoms with Crippen LogP contribution in [0.4, 0.5) is 5.69 Å². The first kappa shape index (κ1) is 14.4. The number of nitrogens with one attached hydrogen (secondary N) is 1. The number of ether oxygens (including phenoxy) is 1. The molecule has 5 heteroatoms. The van der Waals surface area contributed by atoms with Crippen LogP contribution in [0.15, 0.2) is 29.2 Å². The normalized spacial score (nSPS) is 20.2. The van der Waals surface area contributed by atoms with Gasteiger partial charge in [0.05, 0.1) is 19.3 Å². The van der Waals surface area contributed by atoms with Gasteiger partial charge in [0.25, 0.3) is 0 Å². The molecule has 1 amide bonds. The topological polar surface area (TPSA) is 41.6 Å². The first-order valence-corrected chi connectivity index (χ1v) is 7.67. The standard InChI is InChI=1S/C14H20N2O2S/c1-11-9-16(7-8-18-11)10-14(17)15-12-3-5-13(19-2)6-4-12/h3-6,11H,7-10H2,1-2H3,(H,15,17). The molecule has 4 nitrogen and oxygen atoms in total. The van der Waals surface area contributed by atoms with Gasteiger partial charge in [0.2, 0.25) is 5.91 Å². The lowest BCUT2D eigenvalue weighted by molar-refractivity contribution is -0.119. The van der Waals surface area contributed by atoms with E-state index in [-0.39, 0.29) is 12.0 Å². The number of thioether (sulfide) groups is 1. The molecule has 0 bridgehead atoms. The van der Waals surface area contributed by atoms with Gasteiger partial charge in [-0.15, -0.1) is 11.8 Å². The highest BCUT2D eigenvalue weighted by Gasteiger charge is 2.18. The molecule has 1 aromatic rings. The molecule has 1 atom stereocenters. The van der Waals surface area contributed by atoms with E-state index in [0.29, 0.717) is 13.2 Å². The molecule has 1 aliphatic heterocycles. The molecule has 1 aromatic carbocycles. The van der Waals surface area contributed by atoms with Crippen LogP contribution in [0.3, 0.4) is 0 Å². The van der Waals surface area contributed by atoms with Crippen molar-refractivity contribution in [2.24, 2.45) is 0 Å². The molecule has 1 unspecified atom stereocenters. The summed E-state index contributed by atoms with van der Waals surface area (Å²) in [6.07, 6.45) is 2.25. The molecule has 19 heavy (non-hydrogen) atoms. The number of carbonyl (C=O) groups excluding carboxylic acids is 1. The van der Waals surface area contributed by atoms with Crippen molar-refractivity contribution in [2.75, 3.05) is 37.8 Å². The summed E-state index contributed by atoms with van der Waals surface area (Å²) in [6.45, 7) is 4.81. The Morgan fingerprint density at radius 1 is 1.47 bits per heavy atom. The molecule has 1 saturated heterocycles. The van der Waals surface area contributed by atoms with E-state index < -0.39 is 0 Å². The first-order valence-electron chi connectivity index (χ1n) is 6.45. The van der Waals surface area contributed by atoms with Crippen molar-refractivity contribution in [3.8, 4) is 0 Å². The van der Waals surface area contributed by atoms with Gasteiger partial charge >= 0.3 is 0 Å². The Morgan fingerprint density at radius 3 is 2.84 bits per heavy atom. The van der Waals surface area contributed by atoms with Crippen molar-refractivity contribution in [1.82, 2.24) is 4.90 Å².